The Hall–Kier alpha value is -2.91. The maximum absolute atomic E-state index is 12.6. The fraction of sp³-hybridized carbons (Fsp3) is 0.182. The summed E-state index contributed by atoms with van der Waals surface area (Å²) in [5.74, 6) is 1.60. The average molecular weight is 497 g/mol. The van der Waals surface area contributed by atoms with Crippen molar-refractivity contribution in [1.29, 1.82) is 0 Å². The lowest BCUT2D eigenvalue weighted by Gasteiger charge is -2.10. The standard InChI is InChI=1S/C22H21BrN6OS/c1-16-26-27-22(28(16)13-17-5-3-2-4-6-17)31-15-21(30)25-20-11-12-24-29(20)14-18-7-9-19(23)10-8-18/h2-12H,13-15H2,1H3,(H,25,30). The summed E-state index contributed by atoms with van der Waals surface area (Å²) in [6.07, 6.45) is 1.68. The number of aromatic nitrogens is 5. The lowest BCUT2D eigenvalue weighted by molar-refractivity contribution is -0.113. The normalized spacial score (nSPS) is 10.9. The molecule has 1 amide bonds. The van der Waals surface area contributed by atoms with Crippen molar-refractivity contribution in [3.05, 3.63) is 88.3 Å². The Balaban J connectivity index is 1.37. The first-order chi connectivity index (χ1) is 15.1. The van der Waals surface area contributed by atoms with Crippen LogP contribution in [0.15, 0.2) is 76.5 Å². The molecule has 31 heavy (non-hydrogen) atoms. The second-order valence-corrected chi connectivity index (χ2v) is 8.80. The maximum atomic E-state index is 12.6. The molecule has 2 heterocycles. The third-order valence-electron chi connectivity index (χ3n) is 4.65. The van der Waals surface area contributed by atoms with Gasteiger partial charge in [-0.05, 0) is 30.2 Å². The van der Waals surface area contributed by atoms with E-state index in [4.69, 9.17) is 0 Å². The van der Waals surface area contributed by atoms with Crippen LogP contribution in [0, 0.1) is 6.92 Å². The Bertz CT molecular complexity index is 1160. The Morgan fingerprint density at radius 3 is 2.52 bits per heavy atom. The van der Waals surface area contributed by atoms with E-state index in [1.54, 1.807) is 16.9 Å². The molecule has 0 aliphatic heterocycles. The number of anilines is 1. The molecule has 0 saturated heterocycles. The molecule has 0 radical (unpaired) electrons. The van der Waals surface area contributed by atoms with E-state index < -0.39 is 0 Å². The number of hydrogen-bond donors (Lipinski definition) is 1. The third kappa shape index (κ3) is 5.62. The largest absolute Gasteiger partial charge is 0.310 e. The summed E-state index contributed by atoms with van der Waals surface area (Å²) in [6.45, 7) is 3.16. The fourth-order valence-corrected chi connectivity index (χ4v) is 4.10. The molecular formula is C22H21BrN6OS. The monoisotopic (exact) mass is 496 g/mol. The molecule has 0 fully saturated rings. The number of carbonyl (C=O) groups excluding carboxylic acids is 1. The molecule has 9 heteroatoms. The zero-order valence-corrected chi connectivity index (χ0v) is 19.3. The Morgan fingerprint density at radius 1 is 1.00 bits per heavy atom. The summed E-state index contributed by atoms with van der Waals surface area (Å²) < 4.78 is 4.82. The molecule has 4 aromatic rings. The molecule has 0 atom stereocenters. The molecular weight excluding hydrogens is 476 g/mol. The number of halogens is 1. The van der Waals surface area contributed by atoms with Gasteiger partial charge in [0.2, 0.25) is 5.91 Å². The summed E-state index contributed by atoms with van der Waals surface area (Å²) in [7, 11) is 0. The van der Waals surface area contributed by atoms with Gasteiger partial charge in [-0.3, -0.25) is 4.79 Å². The number of nitrogens with zero attached hydrogens (tertiary/aromatic N) is 5. The Morgan fingerprint density at radius 2 is 1.74 bits per heavy atom. The molecule has 0 spiro atoms. The highest BCUT2D eigenvalue weighted by Gasteiger charge is 2.14. The molecule has 2 aromatic heterocycles. The summed E-state index contributed by atoms with van der Waals surface area (Å²) >= 11 is 4.81. The van der Waals surface area contributed by atoms with Gasteiger partial charge in [-0.15, -0.1) is 10.2 Å². The highest BCUT2D eigenvalue weighted by molar-refractivity contribution is 9.10. The minimum Gasteiger partial charge on any atom is -0.310 e. The lowest BCUT2D eigenvalue weighted by atomic mass is 10.2. The predicted octanol–water partition coefficient (Wildman–Crippen LogP) is 4.37. The van der Waals surface area contributed by atoms with Crippen molar-refractivity contribution in [3.8, 4) is 0 Å². The van der Waals surface area contributed by atoms with Gasteiger partial charge in [-0.2, -0.15) is 5.10 Å². The van der Waals surface area contributed by atoms with Crippen LogP contribution in [0.4, 0.5) is 5.82 Å². The summed E-state index contributed by atoms with van der Waals surface area (Å²) in [5.41, 5.74) is 2.26. The van der Waals surface area contributed by atoms with Crippen LogP contribution in [-0.4, -0.2) is 36.2 Å². The first-order valence-electron chi connectivity index (χ1n) is 9.71. The fourth-order valence-electron chi connectivity index (χ4n) is 3.05. The molecule has 0 aliphatic carbocycles. The van der Waals surface area contributed by atoms with E-state index in [9.17, 15) is 4.79 Å². The van der Waals surface area contributed by atoms with Gasteiger partial charge in [0, 0.05) is 10.5 Å². The Labute approximate surface area is 193 Å². The quantitative estimate of drug-likeness (QED) is 0.366. The molecule has 7 nitrogen and oxygen atoms in total. The summed E-state index contributed by atoms with van der Waals surface area (Å²) in [4.78, 5) is 12.6. The van der Waals surface area contributed by atoms with Crippen molar-refractivity contribution in [2.45, 2.75) is 25.2 Å². The maximum Gasteiger partial charge on any atom is 0.235 e. The minimum atomic E-state index is -0.116. The van der Waals surface area contributed by atoms with Gasteiger partial charge in [0.15, 0.2) is 5.16 Å². The van der Waals surface area contributed by atoms with E-state index >= 15 is 0 Å². The molecule has 4 rings (SSSR count). The van der Waals surface area contributed by atoms with Gasteiger partial charge < -0.3 is 9.88 Å². The van der Waals surface area contributed by atoms with Crippen LogP contribution in [0.5, 0.6) is 0 Å². The van der Waals surface area contributed by atoms with E-state index in [2.05, 4.69) is 48.7 Å². The van der Waals surface area contributed by atoms with Crippen LogP contribution < -0.4 is 5.32 Å². The summed E-state index contributed by atoms with van der Waals surface area (Å²) in [5, 5.41) is 16.4. The van der Waals surface area contributed by atoms with Crippen LogP contribution in [0.25, 0.3) is 0 Å². The van der Waals surface area contributed by atoms with Crippen molar-refractivity contribution >= 4 is 39.4 Å². The number of carbonyl (C=O) groups is 1. The molecule has 2 aromatic carbocycles. The van der Waals surface area contributed by atoms with Gasteiger partial charge in [-0.1, -0.05) is 70.2 Å². The third-order valence-corrected chi connectivity index (χ3v) is 6.14. The second-order valence-electron chi connectivity index (χ2n) is 6.94. The second kappa shape index (κ2) is 9.93. The first kappa shape index (κ1) is 21.3. The highest BCUT2D eigenvalue weighted by Crippen LogP contribution is 2.19. The van der Waals surface area contributed by atoms with Gasteiger partial charge in [0.05, 0.1) is 25.0 Å². The molecule has 1 N–H and O–H groups in total. The van der Waals surface area contributed by atoms with Crippen molar-refractivity contribution < 1.29 is 4.79 Å². The molecule has 158 valence electrons. The van der Waals surface area contributed by atoms with Gasteiger partial charge in [0.25, 0.3) is 0 Å². The van der Waals surface area contributed by atoms with Gasteiger partial charge in [-0.25, -0.2) is 4.68 Å². The van der Waals surface area contributed by atoms with E-state index in [1.807, 2.05) is 54.0 Å². The van der Waals surface area contributed by atoms with Crippen LogP contribution in [-0.2, 0) is 17.9 Å². The van der Waals surface area contributed by atoms with Crippen molar-refractivity contribution in [2.24, 2.45) is 0 Å². The van der Waals surface area contributed by atoms with Crippen LogP contribution in [0.3, 0.4) is 0 Å². The van der Waals surface area contributed by atoms with Crippen molar-refractivity contribution in [2.75, 3.05) is 11.1 Å². The van der Waals surface area contributed by atoms with Crippen molar-refractivity contribution in [1.82, 2.24) is 24.5 Å². The predicted molar refractivity (Wildman–Crippen MR) is 125 cm³/mol. The average Bonchev–Trinajstić information content (AvgIpc) is 3.35. The number of thioether (sulfide) groups is 1. The highest BCUT2D eigenvalue weighted by atomic mass is 79.9. The number of nitrogens with one attached hydrogen (secondary N) is 1. The molecule has 0 saturated carbocycles. The first-order valence-corrected chi connectivity index (χ1v) is 11.5. The zero-order valence-electron chi connectivity index (χ0n) is 16.9. The van der Waals surface area contributed by atoms with Crippen LogP contribution >= 0.6 is 27.7 Å². The van der Waals surface area contributed by atoms with E-state index in [1.165, 1.54) is 11.8 Å². The minimum absolute atomic E-state index is 0.116. The van der Waals surface area contributed by atoms with Crippen LogP contribution in [0.2, 0.25) is 0 Å². The SMILES string of the molecule is Cc1nnc(SCC(=O)Nc2ccnn2Cc2ccc(Br)cc2)n1Cc1ccccc1. The molecule has 0 unspecified atom stereocenters. The van der Waals surface area contributed by atoms with Gasteiger partial charge >= 0.3 is 0 Å². The van der Waals surface area contributed by atoms with E-state index in [0.29, 0.717) is 18.9 Å². The molecule has 0 bridgehead atoms. The zero-order chi connectivity index (χ0) is 21.6. The number of amides is 1. The topological polar surface area (TPSA) is 77.6 Å². The lowest BCUT2D eigenvalue weighted by Crippen LogP contribution is -2.18. The van der Waals surface area contributed by atoms with E-state index in [0.717, 1.165) is 26.6 Å². The van der Waals surface area contributed by atoms with Crippen molar-refractivity contribution in [3.63, 3.8) is 0 Å². The molecule has 0 aliphatic rings. The number of hydrogen-bond acceptors (Lipinski definition) is 5. The number of rotatable bonds is 8. The van der Waals surface area contributed by atoms with E-state index in [-0.39, 0.29) is 11.7 Å². The number of aryl methyl sites for hydroxylation is 1. The Kier molecular flexibility index (Phi) is 6.83. The van der Waals surface area contributed by atoms with Crippen LogP contribution in [0.1, 0.15) is 17.0 Å². The smallest absolute Gasteiger partial charge is 0.235 e. The summed E-state index contributed by atoms with van der Waals surface area (Å²) in [6, 6.07) is 19.9. The van der Waals surface area contributed by atoms with Gasteiger partial charge in [0.1, 0.15) is 11.6 Å². The number of benzene rings is 2.